The van der Waals surface area contributed by atoms with Gasteiger partial charge in [-0.25, -0.2) is 0 Å². The van der Waals surface area contributed by atoms with Crippen LogP contribution in [0.3, 0.4) is 0 Å². The molecule has 0 radical (unpaired) electrons. The van der Waals surface area contributed by atoms with E-state index in [4.69, 9.17) is 23.2 Å². The Kier molecular flexibility index (Phi) is 4.35. The molecule has 1 aliphatic rings. The zero-order valence-electron chi connectivity index (χ0n) is 10.1. The molecule has 1 aliphatic heterocycles. The molecular formula is C11H13Cl2N3OS. The predicted molar refractivity (Wildman–Crippen MR) is 74.5 cm³/mol. The first-order valence-electron chi connectivity index (χ1n) is 5.61. The van der Waals surface area contributed by atoms with E-state index in [2.05, 4.69) is 24.0 Å². The van der Waals surface area contributed by atoms with Gasteiger partial charge in [-0.3, -0.25) is 4.79 Å². The molecule has 1 aromatic rings. The Morgan fingerprint density at radius 3 is 2.56 bits per heavy atom. The lowest BCUT2D eigenvalue weighted by Gasteiger charge is -2.34. The van der Waals surface area contributed by atoms with Gasteiger partial charge in [0.15, 0.2) is 10.3 Å². The van der Waals surface area contributed by atoms with Crippen molar-refractivity contribution in [3.8, 4) is 0 Å². The van der Waals surface area contributed by atoms with E-state index in [9.17, 15) is 4.79 Å². The van der Waals surface area contributed by atoms with E-state index >= 15 is 0 Å². The van der Waals surface area contributed by atoms with Gasteiger partial charge in [-0.05, 0) is 6.07 Å². The second-order valence-electron chi connectivity index (χ2n) is 4.34. The fourth-order valence-electron chi connectivity index (χ4n) is 2.02. The maximum Gasteiger partial charge on any atom is 0.257 e. The van der Waals surface area contributed by atoms with Gasteiger partial charge < -0.3 is 4.90 Å². The van der Waals surface area contributed by atoms with Crippen LogP contribution in [0, 0.1) is 0 Å². The molecule has 2 heterocycles. The van der Waals surface area contributed by atoms with Crippen LogP contribution < -0.4 is 0 Å². The summed E-state index contributed by atoms with van der Waals surface area (Å²) in [5, 5.41) is 8.38. The quantitative estimate of drug-likeness (QED) is 0.800. The summed E-state index contributed by atoms with van der Waals surface area (Å²) in [6.07, 6.45) is 0. The molecule has 1 amide bonds. The molecule has 7 heteroatoms. The normalized spacial score (nSPS) is 24.1. The van der Waals surface area contributed by atoms with Crippen LogP contribution in [0.25, 0.3) is 0 Å². The number of thioether (sulfide) groups is 1. The highest BCUT2D eigenvalue weighted by Crippen LogP contribution is 2.27. The van der Waals surface area contributed by atoms with Crippen molar-refractivity contribution in [2.75, 3.05) is 13.1 Å². The highest BCUT2D eigenvalue weighted by Gasteiger charge is 2.28. The minimum absolute atomic E-state index is 0.0999. The van der Waals surface area contributed by atoms with Crippen molar-refractivity contribution < 1.29 is 4.79 Å². The summed E-state index contributed by atoms with van der Waals surface area (Å²) in [7, 11) is 0. The monoisotopic (exact) mass is 305 g/mol. The fourth-order valence-corrected chi connectivity index (χ4v) is 3.66. The summed E-state index contributed by atoms with van der Waals surface area (Å²) in [5.41, 5.74) is 0.322. The number of hydrogen-bond acceptors (Lipinski definition) is 4. The van der Waals surface area contributed by atoms with Crippen molar-refractivity contribution in [3.63, 3.8) is 0 Å². The smallest absolute Gasteiger partial charge is 0.257 e. The van der Waals surface area contributed by atoms with Crippen molar-refractivity contribution in [2.24, 2.45) is 0 Å². The first-order chi connectivity index (χ1) is 8.47. The second-order valence-corrected chi connectivity index (χ2v) is 6.97. The third kappa shape index (κ3) is 3.08. The van der Waals surface area contributed by atoms with Gasteiger partial charge in [0.1, 0.15) is 0 Å². The minimum Gasteiger partial charge on any atom is -0.336 e. The van der Waals surface area contributed by atoms with Crippen LogP contribution in [-0.4, -0.2) is 44.6 Å². The van der Waals surface area contributed by atoms with E-state index in [0.717, 1.165) is 0 Å². The highest BCUT2D eigenvalue weighted by molar-refractivity contribution is 8.00. The molecular weight excluding hydrogens is 293 g/mol. The molecule has 18 heavy (non-hydrogen) atoms. The summed E-state index contributed by atoms with van der Waals surface area (Å²) >= 11 is 13.5. The second kappa shape index (κ2) is 5.63. The Bertz CT molecular complexity index is 462. The molecule has 1 saturated heterocycles. The van der Waals surface area contributed by atoms with Gasteiger partial charge in [0.05, 0.1) is 5.56 Å². The van der Waals surface area contributed by atoms with E-state index < -0.39 is 0 Å². The lowest BCUT2D eigenvalue weighted by Crippen LogP contribution is -2.44. The number of carbonyl (C=O) groups is 1. The van der Waals surface area contributed by atoms with Crippen molar-refractivity contribution in [1.29, 1.82) is 0 Å². The molecule has 0 aromatic carbocycles. The summed E-state index contributed by atoms with van der Waals surface area (Å²) in [6, 6.07) is 1.47. The van der Waals surface area contributed by atoms with Crippen molar-refractivity contribution in [3.05, 3.63) is 21.9 Å². The molecule has 0 bridgehead atoms. The third-order valence-corrected chi connectivity index (χ3v) is 4.35. The predicted octanol–water partition coefficient (Wildman–Crippen LogP) is 2.75. The summed E-state index contributed by atoms with van der Waals surface area (Å²) < 4.78 is 0. The Labute approximate surface area is 120 Å². The number of halogens is 2. The van der Waals surface area contributed by atoms with Crippen LogP contribution in [0.2, 0.25) is 10.3 Å². The van der Waals surface area contributed by atoms with E-state index in [1.165, 1.54) is 6.07 Å². The molecule has 1 fully saturated rings. The molecule has 0 saturated carbocycles. The van der Waals surface area contributed by atoms with Gasteiger partial charge in [0.25, 0.3) is 5.91 Å². The van der Waals surface area contributed by atoms with E-state index in [0.29, 0.717) is 29.2 Å². The van der Waals surface area contributed by atoms with E-state index in [-0.39, 0.29) is 16.2 Å². The van der Waals surface area contributed by atoms with Gasteiger partial charge >= 0.3 is 0 Å². The van der Waals surface area contributed by atoms with Crippen LogP contribution >= 0.6 is 35.0 Å². The van der Waals surface area contributed by atoms with Gasteiger partial charge in [-0.15, -0.1) is 10.2 Å². The van der Waals surface area contributed by atoms with Crippen molar-refractivity contribution in [1.82, 2.24) is 15.1 Å². The topological polar surface area (TPSA) is 46.1 Å². The van der Waals surface area contributed by atoms with Crippen LogP contribution in [0.5, 0.6) is 0 Å². The first-order valence-corrected chi connectivity index (χ1v) is 7.30. The SMILES string of the molecule is CC1CN(C(=O)c2cc(Cl)nnc2Cl)CC(C)S1. The zero-order valence-corrected chi connectivity index (χ0v) is 12.4. The van der Waals surface area contributed by atoms with Crippen LogP contribution in [0.15, 0.2) is 6.07 Å². The lowest BCUT2D eigenvalue weighted by atomic mass is 10.2. The van der Waals surface area contributed by atoms with Crippen molar-refractivity contribution in [2.45, 2.75) is 24.3 Å². The standard InChI is InChI=1S/C11H13Cl2N3OS/c1-6-4-16(5-7(2)18-6)11(17)8-3-9(12)14-15-10(8)13/h3,6-7H,4-5H2,1-2H3. The van der Waals surface area contributed by atoms with Gasteiger partial charge in [-0.1, -0.05) is 37.0 Å². The number of aromatic nitrogens is 2. The summed E-state index contributed by atoms with van der Waals surface area (Å²) in [5.74, 6) is -0.129. The molecule has 0 N–H and O–H groups in total. The van der Waals surface area contributed by atoms with Crippen LogP contribution in [-0.2, 0) is 0 Å². The molecule has 2 unspecified atom stereocenters. The summed E-state index contributed by atoms with van der Waals surface area (Å²) in [4.78, 5) is 14.2. The molecule has 2 atom stereocenters. The Hall–Kier alpha value is -0.520. The number of rotatable bonds is 1. The number of amides is 1. The summed E-state index contributed by atoms with van der Waals surface area (Å²) in [6.45, 7) is 5.65. The number of carbonyl (C=O) groups excluding carboxylic acids is 1. The van der Waals surface area contributed by atoms with Gasteiger partial charge in [0, 0.05) is 23.6 Å². The average molecular weight is 306 g/mol. The Morgan fingerprint density at radius 1 is 1.33 bits per heavy atom. The van der Waals surface area contributed by atoms with Crippen molar-refractivity contribution >= 4 is 40.9 Å². The molecule has 4 nitrogen and oxygen atoms in total. The first kappa shape index (κ1) is 13.9. The van der Waals surface area contributed by atoms with E-state index in [1.807, 2.05) is 11.8 Å². The van der Waals surface area contributed by atoms with Gasteiger partial charge in [0.2, 0.25) is 0 Å². The lowest BCUT2D eigenvalue weighted by molar-refractivity contribution is 0.0753. The maximum absolute atomic E-state index is 12.4. The van der Waals surface area contributed by atoms with E-state index in [1.54, 1.807) is 4.90 Å². The fraction of sp³-hybridized carbons (Fsp3) is 0.545. The van der Waals surface area contributed by atoms with Gasteiger partial charge in [-0.2, -0.15) is 11.8 Å². The minimum atomic E-state index is -0.129. The zero-order chi connectivity index (χ0) is 13.3. The number of hydrogen-bond donors (Lipinski definition) is 0. The molecule has 0 aliphatic carbocycles. The third-order valence-electron chi connectivity index (χ3n) is 2.66. The molecule has 0 spiro atoms. The largest absolute Gasteiger partial charge is 0.336 e. The average Bonchev–Trinajstić information content (AvgIpc) is 2.30. The maximum atomic E-state index is 12.4. The molecule has 2 rings (SSSR count). The number of nitrogens with zero attached hydrogens (tertiary/aromatic N) is 3. The molecule has 1 aromatic heterocycles. The molecule has 98 valence electrons. The van der Waals surface area contributed by atoms with Crippen LogP contribution in [0.1, 0.15) is 24.2 Å². The van der Waals surface area contributed by atoms with Crippen LogP contribution in [0.4, 0.5) is 0 Å². The Morgan fingerprint density at radius 2 is 1.94 bits per heavy atom. The highest BCUT2D eigenvalue weighted by atomic mass is 35.5. The Balaban J connectivity index is 2.22.